The van der Waals surface area contributed by atoms with Crippen molar-refractivity contribution in [3.05, 3.63) is 105 Å². The summed E-state index contributed by atoms with van der Waals surface area (Å²) in [6.07, 6.45) is 2.78. The van der Waals surface area contributed by atoms with E-state index in [1.165, 1.54) is 21.6 Å². The third-order valence-corrected chi connectivity index (χ3v) is 8.34. The SMILES string of the molecule is Cc1ccccc1C1c2ccsc2CCN1C(=O)CN(C(=O)c1cccc2ccccc12)C1CC1. The van der Waals surface area contributed by atoms with Crippen LogP contribution >= 0.6 is 11.3 Å². The minimum Gasteiger partial charge on any atom is -0.330 e. The van der Waals surface area contributed by atoms with E-state index in [1.54, 1.807) is 11.3 Å². The molecule has 1 saturated carbocycles. The molecule has 0 N–H and O–H groups in total. The van der Waals surface area contributed by atoms with Gasteiger partial charge in [0.15, 0.2) is 0 Å². The van der Waals surface area contributed by atoms with Gasteiger partial charge in [-0.25, -0.2) is 0 Å². The molecule has 2 heterocycles. The predicted molar refractivity (Wildman–Crippen MR) is 141 cm³/mol. The second-order valence-electron chi connectivity index (χ2n) is 9.59. The maximum absolute atomic E-state index is 13.9. The van der Waals surface area contributed by atoms with Crippen LogP contribution in [-0.4, -0.2) is 40.7 Å². The highest BCUT2D eigenvalue weighted by Crippen LogP contribution is 2.39. The van der Waals surface area contributed by atoms with E-state index < -0.39 is 0 Å². The first kappa shape index (κ1) is 22.1. The summed E-state index contributed by atoms with van der Waals surface area (Å²) in [5.74, 6) is -0.0195. The average molecular weight is 481 g/mol. The van der Waals surface area contributed by atoms with Crippen LogP contribution in [0, 0.1) is 6.92 Å². The number of nitrogens with zero attached hydrogens (tertiary/aromatic N) is 2. The molecule has 4 aromatic rings. The Hall–Kier alpha value is -3.44. The number of hydrogen-bond donors (Lipinski definition) is 0. The molecule has 176 valence electrons. The fraction of sp³-hybridized carbons (Fsp3) is 0.267. The summed E-state index contributed by atoms with van der Waals surface area (Å²) in [6, 6.07) is 24.3. The second-order valence-corrected chi connectivity index (χ2v) is 10.6. The summed E-state index contributed by atoms with van der Waals surface area (Å²) in [5, 5.41) is 4.11. The smallest absolute Gasteiger partial charge is 0.255 e. The summed E-state index contributed by atoms with van der Waals surface area (Å²) < 4.78 is 0. The number of aryl methyl sites for hydroxylation is 1. The van der Waals surface area contributed by atoms with Crippen LogP contribution in [0.4, 0.5) is 0 Å². The number of amides is 2. The molecule has 5 heteroatoms. The third-order valence-electron chi connectivity index (χ3n) is 7.34. The highest BCUT2D eigenvalue weighted by atomic mass is 32.1. The van der Waals surface area contributed by atoms with Gasteiger partial charge in [-0.15, -0.1) is 11.3 Å². The molecule has 2 amide bonds. The van der Waals surface area contributed by atoms with Crippen molar-refractivity contribution >= 4 is 33.9 Å². The number of rotatable bonds is 5. The van der Waals surface area contributed by atoms with Crippen LogP contribution in [0.3, 0.4) is 0 Å². The average Bonchev–Trinajstić information content (AvgIpc) is 3.62. The van der Waals surface area contributed by atoms with Gasteiger partial charge in [-0.1, -0.05) is 60.7 Å². The van der Waals surface area contributed by atoms with Gasteiger partial charge in [0.2, 0.25) is 5.91 Å². The number of hydrogen-bond acceptors (Lipinski definition) is 3. The molecule has 6 rings (SSSR count). The highest BCUT2D eigenvalue weighted by molar-refractivity contribution is 7.10. The van der Waals surface area contributed by atoms with Gasteiger partial charge in [0.05, 0.1) is 6.04 Å². The summed E-state index contributed by atoms with van der Waals surface area (Å²) >= 11 is 1.77. The van der Waals surface area contributed by atoms with E-state index in [-0.39, 0.29) is 30.4 Å². The molecule has 1 aliphatic carbocycles. The standard InChI is InChI=1S/C30H28N2O2S/c1-20-7-2-4-10-23(20)29-26-16-18-35-27(26)15-17-31(29)28(33)19-32(22-13-14-22)30(34)25-12-6-9-21-8-3-5-11-24(21)25/h2-12,16,18,22,29H,13-15,17,19H2,1H3. The summed E-state index contributed by atoms with van der Waals surface area (Å²) in [7, 11) is 0. The van der Waals surface area contributed by atoms with Crippen molar-refractivity contribution in [2.75, 3.05) is 13.1 Å². The van der Waals surface area contributed by atoms with E-state index in [0.29, 0.717) is 12.1 Å². The molecule has 1 unspecified atom stereocenters. The van der Waals surface area contributed by atoms with Crippen LogP contribution in [0.5, 0.6) is 0 Å². The molecular weight excluding hydrogens is 452 g/mol. The maximum atomic E-state index is 13.9. The van der Waals surface area contributed by atoms with Gasteiger partial charge >= 0.3 is 0 Å². The normalized spacial score (nSPS) is 17.3. The molecule has 3 aromatic carbocycles. The Kier molecular flexibility index (Phi) is 5.65. The van der Waals surface area contributed by atoms with Gasteiger partial charge < -0.3 is 9.80 Å². The summed E-state index contributed by atoms with van der Waals surface area (Å²) in [6.45, 7) is 2.90. The molecular formula is C30H28N2O2S. The largest absolute Gasteiger partial charge is 0.330 e. The van der Waals surface area contributed by atoms with E-state index in [4.69, 9.17) is 0 Å². The molecule has 0 radical (unpaired) electrons. The van der Waals surface area contributed by atoms with E-state index in [0.717, 1.165) is 30.0 Å². The molecule has 0 spiro atoms. The lowest BCUT2D eigenvalue weighted by Crippen LogP contribution is -2.47. The van der Waals surface area contributed by atoms with Crippen LogP contribution in [-0.2, 0) is 11.2 Å². The number of carbonyl (C=O) groups is 2. The predicted octanol–water partition coefficient (Wildman–Crippen LogP) is 5.99. The minimum atomic E-state index is -0.104. The molecule has 1 aliphatic heterocycles. The Morgan fingerprint density at radius 1 is 0.943 bits per heavy atom. The van der Waals surface area contributed by atoms with E-state index >= 15 is 0 Å². The van der Waals surface area contributed by atoms with Gasteiger partial charge in [-0.05, 0) is 71.2 Å². The van der Waals surface area contributed by atoms with Crippen LogP contribution in [0.1, 0.15) is 50.8 Å². The molecule has 0 saturated heterocycles. The zero-order valence-corrected chi connectivity index (χ0v) is 20.6. The second kappa shape index (κ2) is 8.97. The lowest BCUT2D eigenvalue weighted by molar-refractivity contribution is -0.134. The first-order chi connectivity index (χ1) is 17.1. The lowest BCUT2D eigenvalue weighted by Gasteiger charge is -2.38. The van der Waals surface area contributed by atoms with Crippen molar-refractivity contribution in [2.24, 2.45) is 0 Å². The van der Waals surface area contributed by atoms with Crippen molar-refractivity contribution in [1.82, 2.24) is 9.80 Å². The Labute approximate surface area is 209 Å². The Bertz CT molecular complexity index is 1420. The molecule has 1 atom stereocenters. The maximum Gasteiger partial charge on any atom is 0.255 e. The van der Waals surface area contributed by atoms with Gasteiger partial charge in [-0.2, -0.15) is 0 Å². The van der Waals surface area contributed by atoms with Crippen LogP contribution < -0.4 is 0 Å². The van der Waals surface area contributed by atoms with Gasteiger partial charge in [0, 0.05) is 23.0 Å². The number of carbonyl (C=O) groups excluding carboxylic acids is 2. The molecule has 4 nitrogen and oxygen atoms in total. The van der Waals surface area contributed by atoms with Gasteiger partial charge in [-0.3, -0.25) is 9.59 Å². The summed E-state index contributed by atoms with van der Waals surface area (Å²) in [5.41, 5.74) is 4.25. The number of thiophene rings is 1. The Morgan fingerprint density at radius 3 is 2.54 bits per heavy atom. The van der Waals surface area contributed by atoms with E-state index in [1.807, 2.05) is 64.4 Å². The zero-order valence-electron chi connectivity index (χ0n) is 19.8. The van der Waals surface area contributed by atoms with Gasteiger partial charge in [0.1, 0.15) is 6.54 Å². The molecule has 1 fully saturated rings. The van der Waals surface area contributed by atoms with Crippen molar-refractivity contribution < 1.29 is 9.59 Å². The molecule has 1 aromatic heterocycles. The first-order valence-corrected chi connectivity index (χ1v) is 13.2. The Morgan fingerprint density at radius 2 is 1.71 bits per heavy atom. The fourth-order valence-corrected chi connectivity index (χ4v) is 6.27. The lowest BCUT2D eigenvalue weighted by atomic mass is 9.90. The Balaban J connectivity index is 1.33. The van der Waals surface area contributed by atoms with E-state index in [9.17, 15) is 9.59 Å². The van der Waals surface area contributed by atoms with Crippen molar-refractivity contribution in [1.29, 1.82) is 0 Å². The molecule has 2 aliphatic rings. The topological polar surface area (TPSA) is 40.6 Å². The highest BCUT2D eigenvalue weighted by Gasteiger charge is 2.39. The number of benzene rings is 3. The summed E-state index contributed by atoms with van der Waals surface area (Å²) in [4.78, 5) is 32.9. The molecule has 0 bridgehead atoms. The monoisotopic (exact) mass is 480 g/mol. The number of fused-ring (bicyclic) bond motifs is 2. The van der Waals surface area contributed by atoms with E-state index in [2.05, 4.69) is 30.5 Å². The van der Waals surface area contributed by atoms with Crippen LogP contribution in [0.15, 0.2) is 78.2 Å². The van der Waals surface area contributed by atoms with Crippen molar-refractivity contribution in [2.45, 2.75) is 38.3 Å². The zero-order chi connectivity index (χ0) is 23.9. The minimum absolute atomic E-state index is 0.0237. The van der Waals surface area contributed by atoms with Crippen molar-refractivity contribution in [3.8, 4) is 0 Å². The third kappa shape index (κ3) is 4.04. The van der Waals surface area contributed by atoms with Crippen molar-refractivity contribution in [3.63, 3.8) is 0 Å². The fourth-order valence-electron chi connectivity index (χ4n) is 5.37. The van der Waals surface area contributed by atoms with Crippen LogP contribution in [0.2, 0.25) is 0 Å². The van der Waals surface area contributed by atoms with Crippen LogP contribution in [0.25, 0.3) is 10.8 Å². The first-order valence-electron chi connectivity index (χ1n) is 12.3. The van der Waals surface area contributed by atoms with Gasteiger partial charge in [0.25, 0.3) is 5.91 Å². The molecule has 35 heavy (non-hydrogen) atoms. The quantitative estimate of drug-likeness (QED) is 0.352.